The quantitative estimate of drug-likeness (QED) is 0.855. The second-order valence-corrected chi connectivity index (χ2v) is 6.32. The normalized spacial score (nSPS) is 23.0. The van der Waals surface area contributed by atoms with Crippen molar-refractivity contribution in [2.75, 3.05) is 44.2 Å². The molecule has 2 saturated heterocycles. The van der Waals surface area contributed by atoms with Gasteiger partial charge in [-0.05, 0) is 12.8 Å². The summed E-state index contributed by atoms with van der Waals surface area (Å²) in [4.78, 5) is 24.2. The maximum atomic E-state index is 12.1. The van der Waals surface area contributed by atoms with Gasteiger partial charge in [-0.2, -0.15) is 10.1 Å². The lowest BCUT2D eigenvalue weighted by atomic mass is 10.2. The van der Waals surface area contributed by atoms with E-state index in [1.807, 2.05) is 0 Å². The summed E-state index contributed by atoms with van der Waals surface area (Å²) in [6.45, 7) is 5.57. The molecule has 2 aromatic rings. The fourth-order valence-corrected chi connectivity index (χ4v) is 3.39. The molecule has 2 aliphatic heterocycles. The van der Waals surface area contributed by atoms with Gasteiger partial charge in [-0.15, -0.1) is 0 Å². The van der Waals surface area contributed by atoms with Crippen molar-refractivity contribution in [3.63, 3.8) is 0 Å². The Bertz CT molecular complexity index is 740. The second kappa shape index (κ2) is 5.93. The van der Waals surface area contributed by atoms with Crippen LogP contribution >= 0.6 is 0 Å². The Hall–Kier alpha value is -1.93. The Labute approximate surface area is 134 Å². The highest BCUT2D eigenvalue weighted by molar-refractivity contribution is 5.74. The van der Waals surface area contributed by atoms with Crippen LogP contribution < -0.4 is 10.5 Å². The molecule has 4 rings (SSSR count). The summed E-state index contributed by atoms with van der Waals surface area (Å²) >= 11 is 0. The van der Waals surface area contributed by atoms with Crippen molar-refractivity contribution in [1.82, 2.24) is 24.6 Å². The first-order valence-corrected chi connectivity index (χ1v) is 8.21. The Morgan fingerprint density at radius 1 is 1.35 bits per heavy atom. The molecule has 0 bridgehead atoms. The standard InChI is InChI=1S/C15H22N6O2/c1-19-13-12(9-16-19)14(22)18-15(17-13)21-6-4-20(5-7-21)10-11-3-2-8-23-11/h9,11H,2-8,10H2,1H3,(H,17,18,22)/t11-/m1/s1. The van der Waals surface area contributed by atoms with Crippen molar-refractivity contribution in [1.29, 1.82) is 0 Å². The van der Waals surface area contributed by atoms with Gasteiger partial charge < -0.3 is 9.64 Å². The van der Waals surface area contributed by atoms with E-state index in [0.29, 0.717) is 23.1 Å². The summed E-state index contributed by atoms with van der Waals surface area (Å²) in [6.07, 6.45) is 4.31. The molecule has 0 amide bonds. The molecule has 0 saturated carbocycles. The number of ether oxygens (including phenoxy) is 1. The average molecular weight is 318 g/mol. The number of aryl methyl sites for hydroxylation is 1. The van der Waals surface area contributed by atoms with Crippen LogP contribution in [0.15, 0.2) is 11.0 Å². The number of hydrogen-bond donors (Lipinski definition) is 1. The van der Waals surface area contributed by atoms with E-state index < -0.39 is 0 Å². The van der Waals surface area contributed by atoms with Gasteiger partial charge in [-0.25, -0.2) is 0 Å². The van der Waals surface area contributed by atoms with Crippen LogP contribution in [0.5, 0.6) is 0 Å². The Morgan fingerprint density at radius 3 is 2.91 bits per heavy atom. The highest BCUT2D eigenvalue weighted by Gasteiger charge is 2.24. The monoisotopic (exact) mass is 318 g/mol. The molecule has 0 radical (unpaired) electrons. The fourth-order valence-electron chi connectivity index (χ4n) is 3.39. The summed E-state index contributed by atoms with van der Waals surface area (Å²) in [5, 5.41) is 4.64. The number of piperazine rings is 1. The molecule has 0 aliphatic carbocycles. The lowest BCUT2D eigenvalue weighted by Gasteiger charge is -2.35. The van der Waals surface area contributed by atoms with E-state index in [0.717, 1.165) is 39.3 Å². The van der Waals surface area contributed by atoms with Crippen molar-refractivity contribution in [2.24, 2.45) is 7.05 Å². The summed E-state index contributed by atoms with van der Waals surface area (Å²) in [5.41, 5.74) is 0.505. The SMILES string of the molecule is Cn1ncc2c(=O)[nH]c(N3CCN(C[C@H]4CCCO4)CC3)nc21. The van der Waals surface area contributed by atoms with E-state index in [2.05, 4.69) is 24.9 Å². The maximum Gasteiger partial charge on any atom is 0.263 e. The number of fused-ring (bicyclic) bond motifs is 1. The van der Waals surface area contributed by atoms with E-state index in [1.165, 1.54) is 12.8 Å². The van der Waals surface area contributed by atoms with Gasteiger partial charge in [0, 0.05) is 46.4 Å². The van der Waals surface area contributed by atoms with E-state index in [9.17, 15) is 4.79 Å². The molecule has 8 heteroatoms. The third-order valence-electron chi connectivity index (χ3n) is 4.75. The van der Waals surface area contributed by atoms with Gasteiger partial charge in [-0.1, -0.05) is 0 Å². The van der Waals surface area contributed by atoms with Crippen LogP contribution in [0.25, 0.3) is 11.0 Å². The van der Waals surface area contributed by atoms with Gasteiger partial charge in [-0.3, -0.25) is 19.4 Å². The molecule has 1 N–H and O–H groups in total. The lowest BCUT2D eigenvalue weighted by molar-refractivity contribution is 0.0712. The number of nitrogens with zero attached hydrogens (tertiary/aromatic N) is 5. The summed E-state index contributed by atoms with van der Waals surface area (Å²) in [7, 11) is 1.80. The summed E-state index contributed by atoms with van der Waals surface area (Å²) < 4.78 is 7.35. The predicted octanol–water partition coefficient (Wildman–Crippen LogP) is -0.0424. The Balaban J connectivity index is 1.45. The Kier molecular flexibility index (Phi) is 3.78. The van der Waals surface area contributed by atoms with Crippen molar-refractivity contribution < 1.29 is 4.74 Å². The fraction of sp³-hybridized carbons (Fsp3) is 0.667. The molecule has 0 spiro atoms. The van der Waals surface area contributed by atoms with E-state index in [4.69, 9.17) is 4.74 Å². The van der Waals surface area contributed by atoms with Crippen LogP contribution in [0.3, 0.4) is 0 Å². The minimum Gasteiger partial charge on any atom is -0.377 e. The first kappa shape index (κ1) is 14.6. The minimum absolute atomic E-state index is 0.125. The smallest absolute Gasteiger partial charge is 0.263 e. The van der Waals surface area contributed by atoms with Crippen molar-refractivity contribution in [3.05, 3.63) is 16.6 Å². The van der Waals surface area contributed by atoms with Gasteiger partial charge >= 0.3 is 0 Å². The molecule has 23 heavy (non-hydrogen) atoms. The van der Waals surface area contributed by atoms with Crippen LogP contribution in [0.2, 0.25) is 0 Å². The third-order valence-corrected chi connectivity index (χ3v) is 4.75. The number of hydrogen-bond acceptors (Lipinski definition) is 6. The van der Waals surface area contributed by atoms with Crippen LogP contribution in [-0.2, 0) is 11.8 Å². The minimum atomic E-state index is -0.125. The molecular weight excluding hydrogens is 296 g/mol. The molecule has 2 fully saturated rings. The van der Waals surface area contributed by atoms with Crippen molar-refractivity contribution in [2.45, 2.75) is 18.9 Å². The molecule has 2 aromatic heterocycles. The second-order valence-electron chi connectivity index (χ2n) is 6.32. The van der Waals surface area contributed by atoms with Gasteiger partial charge in [0.05, 0.1) is 12.3 Å². The zero-order chi connectivity index (χ0) is 15.8. The zero-order valence-corrected chi connectivity index (χ0v) is 13.4. The molecule has 0 aromatic carbocycles. The van der Waals surface area contributed by atoms with E-state index in [1.54, 1.807) is 17.9 Å². The molecule has 0 unspecified atom stereocenters. The number of anilines is 1. The number of aromatic amines is 1. The van der Waals surface area contributed by atoms with Gasteiger partial charge in [0.25, 0.3) is 5.56 Å². The highest BCUT2D eigenvalue weighted by Crippen LogP contribution is 2.16. The van der Waals surface area contributed by atoms with E-state index in [-0.39, 0.29) is 5.56 Å². The van der Waals surface area contributed by atoms with Crippen LogP contribution in [0, 0.1) is 0 Å². The molecule has 4 heterocycles. The Morgan fingerprint density at radius 2 is 2.17 bits per heavy atom. The summed E-state index contributed by atoms with van der Waals surface area (Å²) in [5.74, 6) is 0.642. The molecular formula is C15H22N6O2. The topological polar surface area (TPSA) is 79.3 Å². The summed E-state index contributed by atoms with van der Waals surface area (Å²) in [6, 6.07) is 0. The number of rotatable bonds is 3. The van der Waals surface area contributed by atoms with Crippen LogP contribution in [-0.4, -0.2) is 70.1 Å². The van der Waals surface area contributed by atoms with Crippen LogP contribution in [0.1, 0.15) is 12.8 Å². The van der Waals surface area contributed by atoms with Crippen molar-refractivity contribution >= 4 is 17.0 Å². The van der Waals surface area contributed by atoms with Gasteiger partial charge in [0.15, 0.2) is 5.65 Å². The average Bonchev–Trinajstić information content (AvgIpc) is 3.19. The third kappa shape index (κ3) is 2.84. The predicted molar refractivity (Wildman–Crippen MR) is 86.8 cm³/mol. The number of aromatic nitrogens is 4. The van der Waals surface area contributed by atoms with E-state index >= 15 is 0 Å². The van der Waals surface area contributed by atoms with Crippen molar-refractivity contribution in [3.8, 4) is 0 Å². The molecule has 124 valence electrons. The van der Waals surface area contributed by atoms with Gasteiger partial charge in [0.1, 0.15) is 5.39 Å². The number of nitrogens with one attached hydrogen (secondary N) is 1. The maximum absolute atomic E-state index is 12.1. The highest BCUT2D eigenvalue weighted by atomic mass is 16.5. The van der Waals surface area contributed by atoms with Crippen LogP contribution in [0.4, 0.5) is 5.95 Å². The number of H-pyrrole nitrogens is 1. The molecule has 2 aliphatic rings. The first-order chi connectivity index (χ1) is 11.2. The first-order valence-electron chi connectivity index (χ1n) is 8.21. The molecule has 1 atom stereocenters. The van der Waals surface area contributed by atoms with Gasteiger partial charge in [0.2, 0.25) is 5.95 Å². The lowest BCUT2D eigenvalue weighted by Crippen LogP contribution is -2.49. The molecule has 8 nitrogen and oxygen atoms in total. The zero-order valence-electron chi connectivity index (χ0n) is 13.4. The largest absolute Gasteiger partial charge is 0.377 e.